The Bertz CT molecular complexity index is 552. The van der Waals surface area contributed by atoms with Crippen molar-refractivity contribution in [2.75, 3.05) is 7.05 Å². The van der Waals surface area contributed by atoms with E-state index in [0.717, 1.165) is 24.4 Å². The van der Waals surface area contributed by atoms with Crippen LogP contribution < -0.4 is 10.1 Å². The minimum absolute atomic E-state index is 0.651. The maximum absolute atomic E-state index is 5.88. The SMILES string of the molecule is CCc1ccccc1Oc1ccc(CNC)c(C)n1. The molecule has 0 aliphatic carbocycles. The summed E-state index contributed by atoms with van der Waals surface area (Å²) in [6.45, 7) is 4.95. The molecule has 100 valence electrons. The zero-order chi connectivity index (χ0) is 13.7. The number of hydrogen-bond acceptors (Lipinski definition) is 3. The second kappa shape index (κ2) is 6.34. The van der Waals surface area contributed by atoms with Crippen LogP contribution in [0.3, 0.4) is 0 Å². The number of aromatic nitrogens is 1. The molecule has 0 aliphatic heterocycles. The highest BCUT2D eigenvalue weighted by Gasteiger charge is 2.05. The monoisotopic (exact) mass is 256 g/mol. The van der Waals surface area contributed by atoms with Crippen molar-refractivity contribution in [2.45, 2.75) is 26.8 Å². The lowest BCUT2D eigenvalue weighted by Crippen LogP contribution is -2.07. The van der Waals surface area contributed by atoms with Gasteiger partial charge in [-0.05, 0) is 37.6 Å². The van der Waals surface area contributed by atoms with Crippen molar-refractivity contribution in [1.82, 2.24) is 10.3 Å². The van der Waals surface area contributed by atoms with Gasteiger partial charge < -0.3 is 10.1 Å². The Labute approximate surface area is 114 Å². The normalized spacial score (nSPS) is 10.5. The Hall–Kier alpha value is -1.87. The Balaban J connectivity index is 2.21. The highest BCUT2D eigenvalue weighted by Crippen LogP contribution is 2.25. The Morgan fingerprint density at radius 1 is 1.11 bits per heavy atom. The van der Waals surface area contributed by atoms with E-state index in [0.29, 0.717) is 5.88 Å². The van der Waals surface area contributed by atoms with Crippen molar-refractivity contribution in [1.29, 1.82) is 0 Å². The lowest BCUT2D eigenvalue weighted by molar-refractivity contribution is 0.455. The van der Waals surface area contributed by atoms with Gasteiger partial charge in [0.2, 0.25) is 5.88 Å². The smallest absolute Gasteiger partial charge is 0.219 e. The van der Waals surface area contributed by atoms with E-state index < -0.39 is 0 Å². The molecule has 0 fully saturated rings. The van der Waals surface area contributed by atoms with E-state index in [1.165, 1.54) is 11.1 Å². The number of benzene rings is 1. The van der Waals surface area contributed by atoms with Crippen LogP contribution in [-0.2, 0) is 13.0 Å². The summed E-state index contributed by atoms with van der Waals surface area (Å²) in [5.74, 6) is 1.54. The largest absolute Gasteiger partial charge is 0.439 e. The second-order valence-electron chi connectivity index (χ2n) is 4.49. The molecule has 19 heavy (non-hydrogen) atoms. The molecule has 3 heteroatoms. The van der Waals surface area contributed by atoms with Crippen molar-refractivity contribution in [2.24, 2.45) is 0 Å². The minimum Gasteiger partial charge on any atom is -0.439 e. The molecule has 0 saturated heterocycles. The average molecular weight is 256 g/mol. The van der Waals surface area contributed by atoms with Gasteiger partial charge in [0, 0.05) is 18.3 Å². The summed E-state index contributed by atoms with van der Waals surface area (Å²) in [4.78, 5) is 4.50. The molecule has 0 spiro atoms. The van der Waals surface area contributed by atoms with Crippen LogP contribution in [0.15, 0.2) is 36.4 Å². The van der Waals surface area contributed by atoms with Gasteiger partial charge in [-0.3, -0.25) is 0 Å². The van der Waals surface area contributed by atoms with Crippen molar-refractivity contribution in [3.05, 3.63) is 53.2 Å². The number of hydrogen-bond donors (Lipinski definition) is 1. The van der Waals surface area contributed by atoms with Gasteiger partial charge >= 0.3 is 0 Å². The zero-order valence-electron chi connectivity index (χ0n) is 11.7. The van der Waals surface area contributed by atoms with Crippen LogP contribution >= 0.6 is 0 Å². The first kappa shape index (κ1) is 13.6. The fourth-order valence-electron chi connectivity index (χ4n) is 2.01. The Kier molecular flexibility index (Phi) is 4.53. The first-order chi connectivity index (χ1) is 9.24. The molecule has 0 radical (unpaired) electrons. The van der Waals surface area contributed by atoms with E-state index in [9.17, 15) is 0 Å². The standard InChI is InChI=1S/C16H20N2O/c1-4-13-7-5-6-8-15(13)19-16-10-9-14(11-17-3)12(2)18-16/h5-10,17H,4,11H2,1-3H3. The van der Waals surface area contributed by atoms with Crippen LogP contribution in [0, 0.1) is 6.92 Å². The van der Waals surface area contributed by atoms with Gasteiger partial charge in [-0.2, -0.15) is 0 Å². The molecule has 0 bridgehead atoms. The topological polar surface area (TPSA) is 34.1 Å². The Morgan fingerprint density at radius 2 is 1.89 bits per heavy atom. The first-order valence-electron chi connectivity index (χ1n) is 6.61. The predicted octanol–water partition coefficient (Wildman–Crippen LogP) is 3.46. The van der Waals surface area contributed by atoms with E-state index in [-0.39, 0.29) is 0 Å². The van der Waals surface area contributed by atoms with E-state index in [4.69, 9.17) is 4.74 Å². The molecular weight excluding hydrogens is 236 g/mol. The van der Waals surface area contributed by atoms with Crippen molar-refractivity contribution >= 4 is 0 Å². The molecular formula is C16H20N2O. The summed E-state index contributed by atoms with van der Waals surface area (Å²) in [6.07, 6.45) is 0.951. The number of aryl methyl sites for hydroxylation is 2. The van der Waals surface area contributed by atoms with Crippen LogP contribution in [0.5, 0.6) is 11.6 Å². The average Bonchev–Trinajstić information content (AvgIpc) is 2.43. The van der Waals surface area contributed by atoms with Gasteiger partial charge in [0.15, 0.2) is 0 Å². The summed E-state index contributed by atoms with van der Waals surface area (Å²) < 4.78 is 5.88. The molecule has 2 rings (SSSR count). The number of nitrogens with one attached hydrogen (secondary N) is 1. The van der Waals surface area contributed by atoms with E-state index in [1.54, 1.807) is 0 Å². The molecule has 1 heterocycles. The third-order valence-corrected chi connectivity index (χ3v) is 3.10. The van der Waals surface area contributed by atoms with Crippen molar-refractivity contribution in [3.8, 4) is 11.6 Å². The Morgan fingerprint density at radius 3 is 2.58 bits per heavy atom. The van der Waals surface area contributed by atoms with Crippen LogP contribution in [0.1, 0.15) is 23.7 Å². The maximum atomic E-state index is 5.88. The van der Waals surface area contributed by atoms with E-state index in [2.05, 4.69) is 29.4 Å². The van der Waals surface area contributed by atoms with Gasteiger partial charge in [-0.25, -0.2) is 4.98 Å². The fourth-order valence-corrected chi connectivity index (χ4v) is 2.01. The minimum atomic E-state index is 0.651. The number of nitrogens with zero attached hydrogens (tertiary/aromatic N) is 1. The summed E-state index contributed by atoms with van der Waals surface area (Å²) in [5, 5.41) is 3.13. The van der Waals surface area contributed by atoms with Crippen LogP contribution in [0.2, 0.25) is 0 Å². The third kappa shape index (κ3) is 3.32. The third-order valence-electron chi connectivity index (χ3n) is 3.10. The quantitative estimate of drug-likeness (QED) is 0.889. The van der Waals surface area contributed by atoms with Gasteiger partial charge in [-0.15, -0.1) is 0 Å². The molecule has 0 aliphatic rings. The molecule has 0 saturated carbocycles. The van der Waals surface area contributed by atoms with Gasteiger partial charge in [0.1, 0.15) is 5.75 Å². The molecule has 3 nitrogen and oxygen atoms in total. The van der Waals surface area contributed by atoms with Crippen LogP contribution in [0.4, 0.5) is 0 Å². The number of pyridine rings is 1. The van der Waals surface area contributed by atoms with E-state index >= 15 is 0 Å². The zero-order valence-corrected chi connectivity index (χ0v) is 11.7. The lowest BCUT2D eigenvalue weighted by Gasteiger charge is -2.11. The van der Waals surface area contributed by atoms with Gasteiger partial charge in [0.05, 0.1) is 0 Å². The summed E-state index contributed by atoms with van der Waals surface area (Å²) in [6, 6.07) is 12.1. The number of ether oxygens (including phenoxy) is 1. The fraction of sp³-hybridized carbons (Fsp3) is 0.312. The van der Waals surface area contributed by atoms with Gasteiger partial charge in [-0.1, -0.05) is 31.2 Å². The summed E-state index contributed by atoms with van der Waals surface area (Å²) in [5.41, 5.74) is 3.39. The van der Waals surface area contributed by atoms with Gasteiger partial charge in [0.25, 0.3) is 0 Å². The predicted molar refractivity (Wildman–Crippen MR) is 77.6 cm³/mol. The molecule has 0 amide bonds. The number of rotatable bonds is 5. The van der Waals surface area contributed by atoms with Crippen molar-refractivity contribution < 1.29 is 4.74 Å². The van der Waals surface area contributed by atoms with E-state index in [1.807, 2.05) is 38.2 Å². The number of para-hydroxylation sites is 1. The highest BCUT2D eigenvalue weighted by molar-refractivity contribution is 5.36. The maximum Gasteiger partial charge on any atom is 0.219 e. The highest BCUT2D eigenvalue weighted by atomic mass is 16.5. The second-order valence-corrected chi connectivity index (χ2v) is 4.49. The molecule has 2 aromatic rings. The molecule has 1 N–H and O–H groups in total. The molecule has 0 unspecified atom stereocenters. The van der Waals surface area contributed by atoms with Crippen LogP contribution in [-0.4, -0.2) is 12.0 Å². The van der Waals surface area contributed by atoms with Crippen molar-refractivity contribution in [3.63, 3.8) is 0 Å². The lowest BCUT2D eigenvalue weighted by atomic mass is 10.1. The molecule has 1 aromatic carbocycles. The summed E-state index contributed by atoms with van der Waals surface area (Å²) >= 11 is 0. The van der Waals surface area contributed by atoms with Crippen LogP contribution in [0.25, 0.3) is 0 Å². The molecule has 0 atom stereocenters. The summed E-state index contributed by atoms with van der Waals surface area (Å²) in [7, 11) is 1.93. The first-order valence-corrected chi connectivity index (χ1v) is 6.61. The molecule has 1 aromatic heterocycles.